The number of nitrogens with zero attached hydrogens (tertiary/aromatic N) is 2. The van der Waals surface area contributed by atoms with Crippen LogP contribution in [0, 0.1) is 0 Å². The number of nitrogens with one attached hydrogen (secondary N) is 1. The highest BCUT2D eigenvalue weighted by Crippen LogP contribution is 2.18. The molecule has 1 aliphatic rings. The average molecular weight is 351 g/mol. The lowest BCUT2D eigenvalue weighted by Crippen LogP contribution is -2.45. The van der Waals surface area contributed by atoms with E-state index in [2.05, 4.69) is 22.0 Å². The van der Waals surface area contributed by atoms with Crippen molar-refractivity contribution in [2.45, 2.75) is 70.9 Å². The van der Waals surface area contributed by atoms with Gasteiger partial charge in [-0.2, -0.15) is 0 Å². The van der Waals surface area contributed by atoms with Crippen molar-refractivity contribution < 1.29 is 18.7 Å². The predicted octanol–water partition coefficient (Wildman–Crippen LogP) is 3.50. The summed E-state index contributed by atoms with van der Waals surface area (Å²) in [6.07, 6.45) is 10.0. The number of esters is 1. The van der Waals surface area contributed by atoms with Crippen molar-refractivity contribution in [3.05, 3.63) is 17.8 Å². The lowest BCUT2D eigenvalue weighted by molar-refractivity contribution is 0.0594. The Morgan fingerprint density at radius 1 is 1.32 bits per heavy atom. The standard InChI is InChI=1S/C18H29N3O4/c1-3-4-8-11-21(18(23)19-14-9-6-5-7-10-14)12-16-20-15(13-25-16)17(22)24-2/h13-14H,3-12H2,1-2H3,(H,19,23). The lowest BCUT2D eigenvalue weighted by atomic mass is 9.96. The van der Waals surface area contributed by atoms with Crippen LogP contribution in [0.5, 0.6) is 0 Å². The van der Waals surface area contributed by atoms with Gasteiger partial charge in [0.05, 0.1) is 13.7 Å². The van der Waals surface area contributed by atoms with E-state index in [1.165, 1.54) is 32.6 Å². The van der Waals surface area contributed by atoms with E-state index >= 15 is 0 Å². The number of hydrogen-bond acceptors (Lipinski definition) is 5. The molecule has 0 bridgehead atoms. The number of urea groups is 1. The van der Waals surface area contributed by atoms with Gasteiger partial charge in [-0.15, -0.1) is 0 Å². The highest BCUT2D eigenvalue weighted by atomic mass is 16.5. The zero-order chi connectivity index (χ0) is 18.1. The Hall–Kier alpha value is -2.05. The first-order valence-electron chi connectivity index (χ1n) is 9.22. The normalized spacial score (nSPS) is 15.0. The van der Waals surface area contributed by atoms with E-state index in [9.17, 15) is 9.59 Å². The fraction of sp³-hybridized carbons (Fsp3) is 0.722. The summed E-state index contributed by atoms with van der Waals surface area (Å²) in [7, 11) is 1.30. The third-order valence-electron chi connectivity index (χ3n) is 4.52. The van der Waals surface area contributed by atoms with Crippen LogP contribution in [-0.2, 0) is 11.3 Å². The molecule has 1 aromatic heterocycles. The van der Waals surface area contributed by atoms with Gasteiger partial charge in [-0.05, 0) is 19.3 Å². The van der Waals surface area contributed by atoms with E-state index in [-0.39, 0.29) is 24.3 Å². The topological polar surface area (TPSA) is 84.7 Å². The molecule has 140 valence electrons. The number of aromatic nitrogens is 1. The van der Waals surface area contributed by atoms with Crippen LogP contribution >= 0.6 is 0 Å². The second-order valence-corrected chi connectivity index (χ2v) is 6.53. The molecule has 1 heterocycles. The van der Waals surface area contributed by atoms with E-state index in [4.69, 9.17) is 4.42 Å². The highest BCUT2D eigenvalue weighted by Gasteiger charge is 2.22. The third kappa shape index (κ3) is 6.07. The Bertz CT molecular complexity index is 552. The second-order valence-electron chi connectivity index (χ2n) is 6.53. The molecule has 1 saturated carbocycles. The number of rotatable bonds is 8. The van der Waals surface area contributed by atoms with Crippen LogP contribution in [0.3, 0.4) is 0 Å². The van der Waals surface area contributed by atoms with E-state index < -0.39 is 5.97 Å². The second kappa shape index (κ2) is 10.1. The third-order valence-corrected chi connectivity index (χ3v) is 4.52. The first kappa shape index (κ1) is 19.3. The fourth-order valence-electron chi connectivity index (χ4n) is 3.06. The zero-order valence-electron chi connectivity index (χ0n) is 15.3. The molecule has 0 saturated heterocycles. The van der Waals surface area contributed by atoms with Crippen molar-refractivity contribution in [1.82, 2.24) is 15.2 Å². The minimum atomic E-state index is -0.542. The number of amides is 2. The molecule has 0 unspecified atom stereocenters. The zero-order valence-corrected chi connectivity index (χ0v) is 15.3. The number of unbranched alkanes of at least 4 members (excludes halogenated alkanes) is 2. The average Bonchev–Trinajstić information content (AvgIpc) is 3.10. The van der Waals surface area contributed by atoms with Gasteiger partial charge in [0, 0.05) is 12.6 Å². The van der Waals surface area contributed by atoms with Crippen molar-refractivity contribution >= 4 is 12.0 Å². The van der Waals surface area contributed by atoms with Gasteiger partial charge in [0.2, 0.25) is 5.89 Å². The summed E-state index contributed by atoms with van der Waals surface area (Å²) in [5.41, 5.74) is 0.124. The van der Waals surface area contributed by atoms with Crippen LogP contribution in [0.25, 0.3) is 0 Å². The maximum Gasteiger partial charge on any atom is 0.360 e. The predicted molar refractivity (Wildman–Crippen MR) is 93.2 cm³/mol. The summed E-state index contributed by atoms with van der Waals surface area (Å²) in [6.45, 7) is 3.02. The molecular formula is C18H29N3O4. The Morgan fingerprint density at radius 3 is 2.76 bits per heavy atom. The van der Waals surface area contributed by atoms with Crippen LogP contribution in [0.2, 0.25) is 0 Å². The van der Waals surface area contributed by atoms with Gasteiger partial charge in [-0.1, -0.05) is 39.0 Å². The largest absolute Gasteiger partial charge is 0.464 e. The monoisotopic (exact) mass is 351 g/mol. The van der Waals surface area contributed by atoms with Crippen molar-refractivity contribution in [3.8, 4) is 0 Å². The lowest BCUT2D eigenvalue weighted by Gasteiger charge is -2.27. The molecule has 2 rings (SSSR count). The van der Waals surface area contributed by atoms with Crippen LogP contribution in [0.4, 0.5) is 4.79 Å². The van der Waals surface area contributed by atoms with Crippen LogP contribution in [0.1, 0.15) is 74.7 Å². The molecule has 0 aliphatic heterocycles. The molecule has 0 radical (unpaired) electrons. The SMILES string of the molecule is CCCCCN(Cc1nc(C(=O)OC)co1)C(=O)NC1CCCCC1. The van der Waals surface area contributed by atoms with E-state index in [0.717, 1.165) is 32.1 Å². The van der Waals surface area contributed by atoms with Gasteiger partial charge >= 0.3 is 12.0 Å². The van der Waals surface area contributed by atoms with Crippen LogP contribution < -0.4 is 5.32 Å². The molecule has 7 nitrogen and oxygen atoms in total. The summed E-state index contributed by atoms with van der Waals surface area (Å²) < 4.78 is 9.96. The molecule has 1 fully saturated rings. The molecule has 1 aliphatic carbocycles. The van der Waals surface area contributed by atoms with Crippen molar-refractivity contribution in [2.75, 3.05) is 13.7 Å². The molecule has 1 N–H and O–H groups in total. The van der Waals surface area contributed by atoms with Crippen LogP contribution in [-0.4, -0.2) is 41.6 Å². The van der Waals surface area contributed by atoms with E-state index in [1.54, 1.807) is 4.90 Å². The first-order chi connectivity index (χ1) is 12.1. The summed E-state index contributed by atoms with van der Waals surface area (Å²) >= 11 is 0. The maximum atomic E-state index is 12.7. The number of carbonyl (C=O) groups is 2. The number of methoxy groups -OCH3 is 1. The first-order valence-corrected chi connectivity index (χ1v) is 9.22. The van der Waals surface area contributed by atoms with Gasteiger partial charge in [0.1, 0.15) is 6.26 Å². The van der Waals surface area contributed by atoms with E-state index in [0.29, 0.717) is 12.4 Å². The Kier molecular flexibility index (Phi) is 7.76. The maximum absolute atomic E-state index is 12.7. The minimum absolute atomic E-state index is 0.0826. The molecule has 2 amide bonds. The van der Waals surface area contributed by atoms with Crippen LogP contribution in [0.15, 0.2) is 10.7 Å². The van der Waals surface area contributed by atoms with Crippen molar-refractivity contribution in [1.29, 1.82) is 0 Å². The van der Waals surface area contributed by atoms with Gasteiger partial charge in [0.25, 0.3) is 0 Å². The van der Waals surface area contributed by atoms with Crippen molar-refractivity contribution in [2.24, 2.45) is 0 Å². The summed E-state index contributed by atoms with van der Waals surface area (Å²) in [4.78, 5) is 30.0. The minimum Gasteiger partial charge on any atom is -0.464 e. The number of carbonyl (C=O) groups excluding carboxylic acids is 2. The Morgan fingerprint density at radius 2 is 2.08 bits per heavy atom. The molecule has 0 aromatic carbocycles. The molecule has 7 heteroatoms. The molecular weight excluding hydrogens is 322 g/mol. The fourth-order valence-corrected chi connectivity index (χ4v) is 3.06. The molecule has 0 spiro atoms. The summed E-state index contributed by atoms with van der Waals surface area (Å²) in [6, 6.07) is 0.172. The Balaban J connectivity index is 1.97. The Labute approximate surface area is 149 Å². The highest BCUT2D eigenvalue weighted by molar-refractivity contribution is 5.86. The quantitative estimate of drug-likeness (QED) is 0.572. The number of ether oxygens (including phenoxy) is 1. The molecule has 25 heavy (non-hydrogen) atoms. The van der Waals surface area contributed by atoms with Gasteiger partial charge in [0.15, 0.2) is 5.69 Å². The summed E-state index contributed by atoms with van der Waals surface area (Å²) in [5, 5.41) is 3.13. The number of oxazole rings is 1. The molecule has 0 atom stereocenters. The summed E-state index contributed by atoms with van der Waals surface area (Å²) in [5.74, 6) is -0.199. The molecule has 1 aromatic rings. The van der Waals surface area contributed by atoms with Gasteiger partial charge < -0.3 is 19.4 Å². The smallest absolute Gasteiger partial charge is 0.360 e. The van der Waals surface area contributed by atoms with Gasteiger partial charge in [-0.3, -0.25) is 0 Å². The van der Waals surface area contributed by atoms with Crippen molar-refractivity contribution in [3.63, 3.8) is 0 Å². The van der Waals surface area contributed by atoms with E-state index in [1.807, 2.05) is 0 Å². The number of hydrogen-bond donors (Lipinski definition) is 1. The van der Waals surface area contributed by atoms with Gasteiger partial charge in [-0.25, -0.2) is 14.6 Å².